The Morgan fingerprint density at radius 2 is 1.95 bits per heavy atom. The molecule has 0 aliphatic heterocycles. The molecule has 0 unspecified atom stereocenters. The molecule has 19 heavy (non-hydrogen) atoms. The third-order valence-electron chi connectivity index (χ3n) is 4.51. The van der Waals surface area contributed by atoms with Gasteiger partial charge in [0.2, 0.25) is 5.91 Å². The van der Waals surface area contributed by atoms with Gasteiger partial charge >= 0.3 is 0 Å². The van der Waals surface area contributed by atoms with E-state index in [4.69, 9.17) is 0 Å². The lowest BCUT2D eigenvalue weighted by atomic mass is 9.69. The summed E-state index contributed by atoms with van der Waals surface area (Å²) in [5.74, 6) is 1.22. The van der Waals surface area contributed by atoms with Crippen LogP contribution in [0.2, 0.25) is 0 Å². The highest BCUT2D eigenvalue weighted by atomic mass is 16.2. The van der Waals surface area contributed by atoms with Gasteiger partial charge in [-0.3, -0.25) is 4.79 Å². The van der Waals surface area contributed by atoms with Crippen molar-refractivity contribution in [1.82, 2.24) is 5.43 Å². The van der Waals surface area contributed by atoms with E-state index >= 15 is 0 Å². The molecule has 1 rings (SSSR count). The zero-order valence-electron chi connectivity index (χ0n) is 13.3. The Kier molecular flexibility index (Phi) is 6.02. The highest BCUT2D eigenvalue weighted by Gasteiger charge is 2.30. The SMILES string of the molecule is CCC(C)(C)C1CCC(=NNC(=O)CC(C)C)CC1. The van der Waals surface area contributed by atoms with Crippen LogP contribution in [0.4, 0.5) is 0 Å². The van der Waals surface area contributed by atoms with Crippen LogP contribution in [0.5, 0.6) is 0 Å². The van der Waals surface area contributed by atoms with E-state index in [1.165, 1.54) is 25.0 Å². The molecule has 1 aliphatic carbocycles. The summed E-state index contributed by atoms with van der Waals surface area (Å²) >= 11 is 0. The van der Waals surface area contributed by atoms with Gasteiger partial charge in [0.05, 0.1) is 0 Å². The molecule has 0 radical (unpaired) electrons. The number of nitrogens with one attached hydrogen (secondary N) is 1. The lowest BCUT2D eigenvalue weighted by Crippen LogP contribution is -2.29. The molecule has 0 aromatic carbocycles. The summed E-state index contributed by atoms with van der Waals surface area (Å²) in [5.41, 5.74) is 4.30. The normalized spacial score (nSPS) is 20.5. The van der Waals surface area contributed by atoms with Crippen LogP contribution in [0.15, 0.2) is 5.10 Å². The molecule has 110 valence electrons. The van der Waals surface area contributed by atoms with Crippen LogP contribution in [0.1, 0.15) is 73.1 Å². The predicted octanol–water partition coefficient (Wildman–Crippen LogP) is 4.13. The van der Waals surface area contributed by atoms with E-state index in [1.807, 2.05) is 13.8 Å². The van der Waals surface area contributed by atoms with E-state index in [0.29, 0.717) is 17.8 Å². The third kappa shape index (κ3) is 5.33. The summed E-state index contributed by atoms with van der Waals surface area (Å²) in [6.07, 6.45) is 6.28. The number of nitrogens with zero attached hydrogens (tertiary/aromatic N) is 1. The Morgan fingerprint density at radius 1 is 1.37 bits per heavy atom. The first-order valence-corrected chi connectivity index (χ1v) is 7.69. The van der Waals surface area contributed by atoms with Crippen LogP contribution >= 0.6 is 0 Å². The summed E-state index contributed by atoms with van der Waals surface area (Å²) in [5, 5.41) is 4.30. The van der Waals surface area contributed by atoms with E-state index in [9.17, 15) is 4.79 Å². The number of carbonyl (C=O) groups excluding carboxylic acids is 1. The minimum atomic E-state index is 0.0403. The van der Waals surface area contributed by atoms with Crippen LogP contribution in [0, 0.1) is 17.3 Å². The van der Waals surface area contributed by atoms with Crippen molar-refractivity contribution in [2.45, 2.75) is 73.1 Å². The van der Waals surface area contributed by atoms with E-state index in [0.717, 1.165) is 18.8 Å². The van der Waals surface area contributed by atoms with Gasteiger partial charge in [-0.05, 0) is 42.9 Å². The largest absolute Gasteiger partial charge is 0.273 e. The molecular weight excluding hydrogens is 236 g/mol. The van der Waals surface area contributed by atoms with Crippen molar-refractivity contribution in [2.24, 2.45) is 22.4 Å². The predicted molar refractivity (Wildman–Crippen MR) is 81.1 cm³/mol. The van der Waals surface area contributed by atoms with Gasteiger partial charge in [-0.2, -0.15) is 5.10 Å². The highest BCUT2D eigenvalue weighted by molar-refractivity contribution is 5.86. The number of hydrogen-bond donors (Lipinski definition) is 1. The monoisotopic (exact) mass is 266 g/mol. The van der Waals surface area contributed by atoms with Crippen LogP contribution in [0.3, 0.4) is 0 Å². The van der Waals surface area contributed by atoms with Gasteiger partial charge < -0.3 is 0 Å². The fourth-order valence-corrected chi connectivity index (χ4v) is 2.69. The summed E-state index contributed by atoms with van der Waals surface area (Å²) in [7, 11) is 0. The number of hydrogen-bond acceptors (Lipinski definition) is 2. The van der Waals surface area contributed by atoms with E-state index in [2.05, 4.69) is 31.3 Å². The Hall–Kier alpha value is -0.860. The van der Waals surface area contributed by atoms with Gasteiger partial charge in [-0.15, -0.1) is 0 Å². The van der Waals surface area contributed by atoms with Crippen LogP contribution in [-0.2, 0) is 4.79 Å². The van der Waals surface area contributed by atoms with Crippen LogP contribution in [-0.4, -0.2) is 11.6 Å². The van der Waals surface area contributed by atoms with Crippen LogP contribution < -0.4 is 5.43 Å². The maximum absolute atomic E-state index is 11.5. The lowest BCUT2D eigenvalue weighted by Gasteiger charge is -2.36. The second-order valence-corrected chi connectivity index (χ2v) is 6.93. The number of hydrazone groups is 1. The minimum absolute atomic E-state index is 0.0403. The summed E-state index contributed by atoms with van der Waals surface area (Å²) in [4.78, 5) is 11.5. The summed E-state index contributed by atoms with van der Waals surface area (Å²) in [6.45, 7) is 11.1. The third-order valence-corrected chi connectivity index (χ3v) is 4.51. The minimum Gasteiger partial charge on any atom is -0.273 e. The van der Waals surface area contributed by atoms with Gasteiger partial charge in [-0.25, -0.2) is 5.43 Å². The maximum Gasteiger partial charge on any atom is 0.240 e. The Balaban J connectivity index is 2.39. The topological polar surface area (TPSA) is 41.5 Å². The zero-order chi connectivity index (χ0) is 14.5. The van der Waals surface area contributed by atoms with Crippen molar-refractivity contribution < 1.29 is 4.79 Å². The lowest BCUT2D eigenvalue weighted by molar-refractivity contribution is -0.121. The smallest absolute Gasteiger partial charge is 0.240 e. The molecule has 0 bridgehead atoms. The Bertz CT molecular complexity index is 322. The molecule has 0 saturated heterocycles. The average molecular weight is 266 g/mol. The molecule has 0 aromatic rings. The molecule has 3 nitrogen and oxygen atoms in total. The summed E-state index contributed by atoms with van der Waals surface area (Å²) < 4.78 is 0. The molecule has 1 amide bonds. The molecule has 0 heterocycles. The number of carbonyl (C=O) groups is 1. The highest BCUT2D eigenvalue weighted by Crippen LogP contribution is 2.39. The quantitative estimate of drug-likeness (QED) is 0.747. The van der Waals surface area contributed by atoms with Crippen molar-refractivity contribution >= 4 is 11.6 Å². The van der Waals surface area contributed by atoms with E-state index < -0.39 is 0 Å². The molecule has 1 fully saturated rings. The van der Waals surface area contributed by atoms with Crippen LogP contribution in [0.25, 0.3) is 0 Å². The fraction of sp³-hybridized carbons (Fsp3) is 0.875. The fourth-order valence-electron chi connectivity index (χ4n) is 2.69. The molecule has 0 spiro atoms. The zero-order valence-corrected chi connectivity index (χ0v) is 13.3. The average Bonchev–Trinajstić information content (AvgIpc) is 2.36. The number of rotatable bonds is 5. The van der Waals surface area contributed by atoms with Crippen molar-refractivity contribution in [3.8, 4) is 0 Å². The van der Waals surface area contributed by atoms with Gasteiger partial charge in [0.1, 0.15) is 0 Å². The standard InChI is InChI=1S/C16H30N2O/c1-6-16(4,5)13-7-9-14(10-8-13)17-18-15(19)11-12(2)3/h12-13H,6-11H2,1-5H3,(H,18,19). The number of amides is 1. The molecule has 0 aromatic heterocycles. The first-order chi connectivity index (χ1) is 8.85. The van der Waals surface area contributed by atoms with Gasteiger partial charge in [0, 0.05) is 12.1 Å². The molecular formula is C16H30N2O. The van der Waals surface area contributed by atoms with Crippen molar-refractivity contribution in [3.05, 3.63) is 0 Å². The molecule has 0 atom stereocenters. The Morgan fingerprint density at radius 3 is 2.42 bits per heavy atom. The summed E-state index contributed by atoms with van der Waals surface area (Å²) in [6, 6.07) is 0. The first kappa shape index (κ1) is 16.2. The first-order valence-electron chi connectivity index (χ1n) is 7.69. The van der Waals surface area contributed by atoms with Gasteiger partial charge in [-0.1, -0.05) is 41.0 Å². The van der Waals surface area contributed by atoms with E-state index in [1.54, 1.807) is 0 Å². The van der Waals surface area contributed by atoms with Crippen molar-refractivity contribution in [3.63, 3.8) is 0 Å². The van der Waals surface area contributed by atoms with Gasteiger partial charge in [0.25, 0.3) is 0 Å². The molecule has 3 heteroatoms. The maximum atomic E-state index is 11.5. The molecule has 1 saturated carbocycles. The van der Waals surface area contributed by atoms with Crippen molar-refractivity contribution in [2.75, 3.05) is 0 Å². The van der Waals surface area contributed by atoms with Crippen molar-refractivity contribution in [1.29, 1.82) is 0 Å². The second-order valence-electron chi connectivity index (χ2n) is 6.93. The Labute approximate surface area is 118 Å². The molecule has 1 aliphatic rings. The van der Waals surface area contributed by atoms with E-state index in [-0.39, 0.29) is 5.91 Å². The molecule has 1 N–H and O–H groups in total. The second kappa shape index (κ2) is 7.06. The van der Waals surface area contributed by atoms with Gasteiger partial charge in [0.15, 0.2) is 0 Å².